The number of nitrogens with zero attached hydrogens (tertiary/aromatic N) is 1. The Morgan fingerprint density at radius 3 is 2.41 bits per heavy atom. The molecule has 0 spiro atoms. The maximum absolute atomic E-state index is 14.3. The maximum Gasteiger partial charge on any atom is 0.408 e. The first kappa shape index (κ1) is 35.7. The Labute approximate surface area is 274 Å². The zero-order valence-corrected chi connectivity index (χ0v) is 28.6. The molecule has 0 aromatic rings. The van der Waals surface area contributed by atoms with Crippen LogP contribution >= 0.6 is 0 Å². The molecule has 3 N–H and O–H groups in total. The maximum atomic E-state index is 14.3. The van der Waals surface area contributed by atoms with Crippen LogP contribution in [-0.2, 0) is 23.9 Å². The molecule has 0 aromatic carbocycles. The van der Waals surface area contributed by atoms with Crippen LogP contribution in [0.2, 0.25) is 0 Å². The summed E-state index contributed by atoms with van der Waals surface area (Å²) in [7, 11) is 0. The number of ketones is 1. The quantitative estimate of drug-likeness (QED) is 0.192. The SMILES string of the molecule is C=CCCC(NC(=O)[C@@H]1[C@@H]2[C@H](CN1C(=O)[C@@H](NC(=O)OC(C)(C)C)C1CCCCC1)C2(C)C)C(=O)C(=O)NCCC1=CCCCC1. The number of Topliss-reactive ketones (excluding diaryl/α,β-unsaturated/α-hetero) is 1. The molecule has 10 heteroatoms. The van der Waals surface area contributed by atoms with Gasteiger partial charge in [0.15, 0.2) is 0 Å². The third kappa shape index (κ3) is 8.79. The summed E-state index contributed by atoms with van der Waals surface area (Å²) in [6, 6.07) is -2.65. The van der Waals surface area contributed by atoms with Crippen molar-refractivity contribution in [3.8, 4) is 0 Å². The number of rotatable bonds is 13. The van der Waals surface area contributed by atoms with E-state index in [4.69, 9.17) is 4.74 Å². The number of allylic oxidation sites excluding steroid dienone is 2. The lowest BCUT2D eigenvalue weighted by atomic mass is 9.83. The molecule has 2 saturated carbocycles. The van der Waals surface area contributed by atoms with Gasteiger partial charge in [-0.2, -0.15) is 0 Å². The van der Waals surface area contributed by atoms with Crippen molar-refractivity contribution in [2.24, 2.45) is 23.2 Å². The molecule has 46 heavy (non-hydrogen) atoms. The van der Waals surface area contributed by atoms with Crippen molar-refractivity contribution in [3.63, 3.8) is 0 Å². The molecule has 1 aliphatic heterocycles. The van der Waals surface area contributed by atoms with Gasteiger partial charge in [-0.1, -0.05) is 50.8 Å². The average molecular weight is 641 g/mol. The summed E-state index contributed by atoms with van der Waals surface area (Å²) in [5.41, 5.74) is 0.429. The van der Waals surface area contributed by atoms with E-state index in [1.807, 2.05) is 0 Å². The number of carbonyl (C=O) groups is 5. The Morgan fingerprint density at radius 1 is 1.07 bits per heavy atom. The molecule has 10 nitrogen and oxygen atoms in total. The number of piperidine rings is 1. The van der Waals surface area contributed by atoms with Gasteiger partial charge in [0, 0.05) is 13.1 Å². The first-order chi connectivity index (χ1) is 21.7. The minimum absolute atomic E-state index is 0.0580. The lowest BCUT2D eigenvalue weighted by Gasteiger charge is -2.37. The number of alkyl carbamates (subject to hydrolysis) is 1. The molecule has 0 aromatic heterocycles. The summed E-state index contributed by atoms with van der Waals surface area (Å²) in [6.45, 7) is 14.0. The summed E-state index contributed by atoms with van der Waals surface area (Å²) in [6.07, 6.45) is 13.6. The highest BCUT2D eigenvalue weighted by Gasteiger charge is 2.69. The van der Waals surface area contributed by atoms with Gasteiger partial charge in [-0.15, -0.1) is 6.58 Å². The highest BCUT2D eigenvalue weighted by atomic mass is 16.6. The Balaban J connectivity index is 1.48. The highest BCUT2D eigenvalue weighted by molar-refractivity contribution is 6.38. The normalized spacial score (nSPS) is 25.3. The molecular weight excluding hydrogens is 584 g/mol. The van der Waals surface area contributed by atoms with Gasteiger partial charge in [0.05, 0.1) is 6.04 Å². The summed E-state index contributed by atoms with van der Waals surface area (Å²) < 4.78 is 5.52. The zero-order chi connectivity index (χ0) is 33.6. The smallest absolute Gasteiger partial charge is 0.408 e. The summed E-state index contributed by atoms with van der Waals surface area (Å²) in [5.74, 6) is -2.15. The number of carbonyl (C=O) groups excluding carboxylic acids is 5. The molecule has 256 valence electrons. The molecule has 4 aliphatic rings. The van der Waals surface area contributed by atoms with Crippen LogP contribution in [0.4, 0.5) is 4.79 Å². The molecular formula is C36H56N4O6. The Bertz CT molecular complexity index is 1200. The van der Waals surface area contributed by atoms with Crippen LogP contribution in [0, 0.1) is 23.2 Å². The zero-order valence-electron chi connectivity index (χ0n) is 28.6. The number of amides is 4. The van der Waals surface area contributed by atoms with E-state index in [1.54, 1.807) is 31.7 Å². The average Bonchev–Trinajstić information content (AvgIpc) is 3.32. The lowest BCUT2D eigenvalue weighted by molar-refractivity contribution is -0.145. The Hall–Kier alpha value is -3.17. The monoisotopic (exact) mass is 640 g/mol. The standard InChI is InChI=1S/C36H56N4O6/c1-7-8-19-26(30(41)32(43)37-21-20-23-15-11-9-12-16-23)38-31(42)29-27-25(36(27,5)6)22-40(29)33(44)28(24-17-13-10-14-18-24)39-34(45)46-35(2,3)4/h7,15,24-29H,1,8-14,16-22H2,2-6H3,(H,37,43)(H,38,42)(H,39,45)/t25-,26?,27-,28-,29-/m0/s1. The number of hydrogen-bond acceptors (Lipinski definition) is 6. The predicted octanol–water partition coefficient (Wildman–Crippen LogP) is 4.97. The van der Waals surface area contributed by atoms with Crippen LogP contribution in [0.1, 0.15) is 112 Å². The predicted molar refractivity (Wildman–Crippen MR) is 177 cm³/mol. The van der Waals surface area contributed by atoms with E-state index in [2.05, 4.69) is 42.5 Å². The number of nitrogens with one attached hydrogen (secondary N) is 3. The van der Waals surface area contributed by atoms with E-state index >= 15 is 0 Å². The van der Waals surface area contributed by atoms with Crippen molar-refractivity contribution < 1.29 is 28.7 Å². The van der Waals surface area contributed by atoms with Crippen LogP contribution < -0.4 is 16.0 Å². The Kier molecular flexibility index (Phi) is 11.8. The van der Waals surface area contributed by atoms with Crippen LogP contribution in [0.5, 0.6) is 0 Å². The molecule has 0 bridgehead atoms. The molecule has 1 unspecified atom stereocenters. The topological polar surface area (TPSA) is 134 Å². The van der Waals surface area contributed by atoms with Gasteiger partial charge >= 0.3 is 6.09 Å². The van der Waals surface area contributed by atoms with Crippen molar-refractivity contribution >= 4 is 29.6 Å². The van der Waals surface area contributed by atoms with Gasteiger partial charge in [0.1, 0.15) is 17.7 Å². The van der Waals surface area contributed by atoms with Crippen LogP contribution in [0.15, 0.2) is 24.3 Å². The highest BCUT2D eigenvalue weighted by Crippen LogP contribution is 2.65. The van der Waals surface area contributed by atoms with Crippen molar-refractivity contribution in [2.75, 3.05) is 13.1 Å². The van der Waals surface area contributed by atoms with Gasteiger partial charge in [-0.3, -0.25) is 19.2 Å². The second-order valence-electron chi connectivity index (χ2n) is 15.3. The van der Waals surface area contributed by atoms with E-state index in [1.165, 1.54) is 12.0 Å². The second-order valence-corrected chi connectivity index (χ2v) is 15.3. The van der Waals surface area contributed by atoms with Crippen molar-refractivity contribution in [1.29, 1.82) is 0 Å². The van der Waals surface area contributed by atoms with Gasteiger partial charge in [-0.05, 0) is 102 Å². The number of fused-ring (bicyclic) bond motifs is 1. The first-order valence-electron chi connectivity index (χ1n) is 17.5. The number of ether oxygens (including phenoxy) is 1. The summed E-state index contributed by atoms with van der Waals surface area (Å²) in [4.78, 5) is 69.2. The molecule has 3 aliphatic carbocycles. The van der Waals surface area contributed by atoms with Crippen molar-refractivity contribution in [2.45, 2.75) is 135 Å². The first-order valence-corrected chi connectivity index (χ1v) is 17.5. The number of likely N-dealkylation sites (tertiary alicyclic amines) is 1. The molecule has 5 atom stereocenters. The summed E-state index contributed by atoms with van der Waals surface area (Å²) in [5, 5.41) is 8.49. The van der Waals surface area contributed by atoms with Crippen molar-refractivity contribution in [1.82, 2.24) is 20.9 Å². The molecule has 0 radical (unpaired) electrons. The molecule has 3 fully saturated rings. The fraction of sp³-hybridized carbons (Fsp3) is 0.750. The van der Waals surface area contributed by atoms with E-state index in [0.717, 1.165) is 51.4 Å². The minimum atomic E-state index is -1.04. The van der Waals surface area contributed by atoms with Crippen LogP contribution in [0.25, 0.3) is 0 Å². The van der Waals surface area contributed by atoms with Gasteiger partial charge in [-0.25, -0.2) is 4.79 Å². The molecule has 4 rings (SSSR count). The van der Waals surface area contributed by atoms with E-state index in [-0.39, 0.29) is 35.5 Å². The fourth-order valence-corrected chi connectivity index (χ4v) is 7.80. The van der Waals surface area contributed by atoms with Gasteiger partial charge < -0.3 is 25.6 Å². The summed E-state index contributed by atoms with van der Waals surface area (Å²) >= 11 is 0. The van der Waals surface area contributed by atoms with Gasteiger partial charge in [0.25, 0.3) is 5.91 Å². The largest absolute Gasteiger partial charge is 0.444 e. The third-order valence-electron chi connectivity index (χ3n) is 10.5. The number of hydrogen-bond donors (Lipinski definition) is 3. The van der Waals surface area contributed by atoms with Gasteiger partial charge in [0.2, 0.25) is 17.6 Å². The minimum Gasteiger partial charge on any atom is -0.444 e. The fourth-order valence-electron chi connectivity index (χ4n) is 7.80. The van der Waals surface area contributed by atoms with Crippen LogP contribution in [-0.4, -0.2) is 71.3 Å². The molecule has 1 heterocycles. The second kappa shape index (κ2) is 15.2. The van der Waals surface area contributed by atoms with Crippen molar-refractivity contribution in [3.05, 3.63) is 24.3 Å². The van der Waals surface area contributed by atoms with E-state index in [0.29, 0.717) is 25.9 Å². The van der Waals surface area contributed by atoms with E-state index in [9.17, 15) is 24.0 Å². The third-order valence-corrected chi connectivity index (χ3v) is 10.5. The molecule has 1 saturated heterocycles. The van der Waals surface area contributed by atoms with E-state index < -0.39 is 47.4 Å². The lowest BCUT2D eigenvalue weighted by Crippen LogP contribution is -2.59. The van der Waals surface area contributed by atoms with Crippen LogP contribution in [0.3, 0.4) is 0 Å². The molecule has 4 amide bonds. The Morgan fingerprint density at radius 2 is 1.78 bits per heavy atom.